The number of aliphatic hydroxyl groups excluding tert-OH is 2. The molecular formula is C59H86N4O20. The smallest absolute Gasteiger partial charge is 0.303 e. The number of nitrogens with zero attached hydrogens (tertiary/aromatic N) is 3. The zero-order valence-electron chi connectivity index (χ0n) is 50.4. The maximum absolute atomic E-state index is 15.3. The van der Waals surface area contributed by atoms with Crippen LogP contribution in [0.3, 0.4) is 0 Å². The van der Waals surface area contributed by atoms with Crippen LogP contribution in [0.1, 0.15) is 167 Å². The Labute approximate surface area is 484 Å². The van der Waals surface area contributed by atoms with Gasteiger partial charge in [0.25, 0.3) is 0 Å². The van der Waals surface area contributed by atoms with Crippen LogP contribution in [0.15, 0.2) is 17.8 Å². The molecule has 1 amide bonds. The van der Waals surface area contributed by atoms with Gasteiger partial charge in [0.2, 0.25) is 5.91 Å². The molecule has 4 saturated carbocycles. The number of hydrogen-bond donors (Lipinski definition) is 3. The molecule has 1 aromatic heterocycles. The second-order valence-corrected chi connectivity index (χ2v) is 26.4. The summed E-state index contributed by atoms with van der Waals surface area (Å²) in [6.45, 7) is 22.2. The molecule has 19 atom stereocenters. The molecule has 2 saturated heterocycles. The number of fused-ring (bicyclic) bond motifs is 7. The average Bonchev–Trinajstić information content (AvgIpc) is 1.02. The van der Waals surface area contributed by atoms with E-state index in [1.165, 1.54) is 16.5 Å². The number of amides is 1. The summed E-state index contributed by atoms with van der Waals surface area (Å²) in [5.41, 5.74) is -0.652. The molecule has 3 unspecified atom stereocenters. The molecule has 0 bridgehead atoms. The van der Waals surface area contributed by atoms with E-state index >= 15 is 4.79 Å². The molecule has 24 heteroatoms. The van der Waals surface area contributed by atoms with Gasteiger partial charge in [-0.3, -0.25) is 38.4 Å². The van der Waals surface area contributed by atoms with E-state index in [4.69, 9.17) is 47.4 Å². The minimum Gasteiger partial charge on any atom is -0.463 e. The summed E-state index contributed by atoms with van der Waals surface area (Å²) >= 11 is 0. The lowest BCUT2D eigenvalue weighted by Gasteiger charge is -2.71. The second-order valence-electron chi connectivity index (χ2n) is 26.4. The third kappa shape index (κ3) is 12.1. The monoisotopic (exact) mass is 1170 g/mol. The molecule has 7 aliphatic rings. The number of aliphatic hydroxyl groups is 2. The number of hydrogen-bond acceptors (Lipinski definition) is 22. The Hall–Kier alpha value is -5.56. The Bertz CT molecular complexity index is 2710. The third-order valence-electron chi connectivity index (χ3n) is 20.2. The van der Waals surface area contributed by atoms with E-state index in [9.17, 15) is 43.8 Å². The SMILES string of the molecule is CC(=O)OC[C@@H]1O[C@H](n2cc(CNC(=O)[C@]34CCC(C)(C)CC3C3=CCC5[C@@]6(C)CC[C@H](O)C(C)(C)C6CC[C@@]5(C)[C@]3(C)C[C@H]4O)nn2)[C@@H](OC(C)=O)[C@H](OC(C)=O)[C@H]1O[C@H]1O[C@@H](COC(C)=O)[C@@H](OC(C)=O)[C@@H](OC(C)=O)[C@@H]1OC(C)=O. The topological polar surface area (TPSA) is 312 Å². The second kappa shape index (κ2) is 23.7. The van der Waals surface area contributed by atoms with Gasteiger partial charge in [-0.2, -0.15) is 0 Å². The van der Waals surface area contributed by atoms with Crippen molar-refractivity contribution in [3.63, 3.8) is 0 Å². The van der Waals surface area contributed by atoms with Crippen LogP contribution in [-0.4, -0.2) is 153 Å². The van der Waals surface area contributed by atoms with Crippen LogP contribution in [0.4, 0.5) is 0 Å². The Morgan fingerprint density at radius 1 is 0.627 bits per heavy atom. The van der Waals surface area contributed by atoms with Crippen LogP contribution in [0.5, 0.6) is 0 Å². The van der Waals surface area contributed by atoms with Crippen molar-refractivity contribution < 1.29 is 95.9 Å². The molecule has 462 valence electrons. The van der Waals surface area contributed by atoms with Gasteiger partial charge < -0.3 is 62.9 Å². The fourth-order valence-electron chi connectivity index (χ4n) is 16.3. The molecule has 24 nitrogen and oxygen atoms in total. The van der Waals surface area contributed by atoms with Crippen molar-refractivity contribution in [2.75, 3.05) is 13.2 Å². The highest BCUT2D eigenvalue weighted by Crippen LogP contribution is 2.76. The van der Waals surface area contributed by atoms with Gasteiger partial charge in [0.05, 0.1) is 30.4 Å². The Morgan fingerprint density at radius 2 is 1.18 bits per heavy atom. The number of nitrogens with one attached hydrogen (secondary N) is 1. The maximum Gasteiger partial charge on any atom is 0.303 e. The minimum absolute atomic E-state index is 0.0173. The first-order chi connectivity index (χ1) is 38.7. The normalized spacial score (nSPS) is 39.5. The van der Waals surface area contributed by atoms with Crippen LogP contribution in [0, 0.1) is 50.2 Å². The molecule has 0 aromatic carbocycles. The zero-order chi connectivity index (χ0) is 61.1. The van der Waals surface area contributed by atoms with Crippen molar-refractivity contribution in [1.82, 2.24) is 20.3 Å². The standard InChI is InChI=1S/C59H86N4O20/c1-29(64)74-27-39-46(83-52-50(80-35(7)70)48(78-33(5)68)45(76-31(3)66)40(82-52)28-75-30(2)65)47(77-32(4)67)49(79-34(6)69)51(81-39)63-26-36(61-62-63)25-60-53(73)59-22-21-54(8,9)23-38(59)37-15-16-42-56(12)19-18-43(71)55(10,11)41(56)17-20-57(42,13)58(37,14)24-44(59)72/h15,26,38-52,71-72H,16-25,27-28H2,1-14H3,(H,60,73)/t38?,39-,40-,41?,42?,43-,44+,45+,46-,47+,48+,49-,50-,51-,52+,56-,57+,58+,59+/m0/s1. The molecule has 83 heavy (non-hydrogen) atoms. The van der Waals surface area contributed by atoms with Crippen molar-refractivity contribution in [3.05, 3.63) is 23.5 Å². The first-order valence-electron chi connectivity index (χ1n) is 29.0. The van der Waals surface area contributed by atoms with Crippen LogP contribution in [-0.2, 0) is 92.3 Å². The van der Waals surface area contributed by atoms with Crippen molar-refractivity contribution in [2.45, 2.75) is 235 Å². The molecule has 6 fully saturated rings. The fourth-order valence-corrected chi connectivity index (χ4v) is 16.3. The summed E-state index contributed by atoms with van der Waals surface area (Å²) in [6.07, 6.45) is -7.17. The number of carbonyl (C=O) groups excluding carboxylic acids is 8. The largest absolute Gasteiger partial charge is 0.463 e. The number of esters is 7. The number of rotatable bonds is 15. The fraction of sp³-hybridized carbons (Fsp3) is 0.797. The lowest BCUT2D eigenvalue weighted by atomic mass is 9.33. The maximum atomic E-state index is 15.3. The summed E-state index contributed by atoms with van der Waals surface area (Å²) in [5, 5.41) is 35.9. The van der Waals surface area contributed by atoms with Crippen molar-refractivity contribution in [2.24, 2.45) is 50.2 Å². The summed E-state index contributed by atoms with van der Waals surface area (Å²) in [5.74, 6) is -6.02. The van der Waals surface area contributed by atoms with Gasteiger partial charge in [0.15, 0.2) is 43.0 Å². The van der Waals surface area contributed by atoms with E-state index in [1.54, 1.807) is 0 Å². The number of carbonyl (C=O) groups is 8. The van der Waals surface area contributed by atoms with Crippen molar-refractivity contribution in [1.29, 1.82) is 0 Å². The summed E-state index contributed by atoms with van der Waals surface area (Å²) in [6, 6.07) is 0. The van der Waals surface area contributed by atoms with Gasteiger partial charge in [-0.25, -0.2) is 4.68 Å². The summed E-state index contributed by atoms with van der Waals surface area (Å²) < 4.78 is 59.6. The number of ether oxygens (including phenoxy) is 10. The van der Waals surface area contributed by atoms with Crippen molar-refractivity contribution >= 4 is 47.7 Å². The molecule has 3 N–H and O–H groups in total. The summed E-state index contributed by atoms with van der Waals surface area (Å²) in [4.78, 5) is 104. The van der Waals surface area contributed by atoms with Gasteiger partial charge in [0.1, 0.15) is 37.2 Å². The lowest BCUT2D eigenvalue weighted by Crippen LogP contribution is -2.68. The third-order valence-corrected chi connectivity index (χ3v) is 20.2. The van der Waals surface area contributed by atoms with E-state index in [1.807, 2.05) is 0 Å². The van der Waals surface area contributed by atoms with Gasteiger partial charge >= 0.3 is 41.8 Å². The highest BCUT2D eigenvalue weighted by Gasteiger charge is 2.71. The van der Waals surface area contributed by atoms with Crippen LogP contribution < -0.4 is 5.32 Å². The Morgan fingerprint density at radius 3 is 1.77 bits per heavy atom. The van der Waals surface area contributed by atoms with Crippen molar-refractivity contribution in [3.8, 4) is 0 Å². The summed E-state index contributed by atoms with van der Waals surface area (Å²) in [7, 11) is 0. The van der Waals surface area contributed by atoms with Gasteiger partial charge in [-0.15, -0.1) is 5.10 Å². The predicted octanol–water partition coefficient (Wildman–Crippen LogP) is 4.82. The molecule has 8 rings (SSSR count). The van der Waals surface area contributed by atoms with Gasteiger partial charge in [-0.05, 0) is 103 Å². The van der Waals surface area contributed by atoms with Crippen LogP contribution in [0.25, 0.3) is 0 Å². The van der Waals surface area contributed by atoms with Crippen LogP contribution in [0.2, 0.25) is 0 Å². The zero-order valence-corrected chi connectivity index (χ0v) is 50.4. The molecule has 1 aromatic rings. The highest BCUT2D eigenvalue weighted by molar-refractivity contribution is 5.85. The van der Waals surface area contributed by atoms with E-state index in [2.05, 4.69) is 70.2 Å². The van der Waals surface area contributed by atoms with Gasteiger partial charge in [-0.1, -0.05) is 65.3 Å². The quantitative estimate of drug-likeness (QED) is 0.120. The molecular weight excluding hydrogens is 1080 g/mol. The van der Waals surface area contributed by atoms with E-state index in [0.717, 1.165) is 80.6 Å². The first kappa shape index (κ1) is 63.5. The number of allylic oxidation sites excluding steroid dienone is 2. The van der Waals surface area contributed by atoms with Gasteiger partial charge in [0, 0.05) is 48.5 Å². The van der Waals surface area contributed by atoms with E-state index < -0.39 is 133 Å². The molecule has 2 aliphatic heterocycles. The highest BCUT2D eigenvalue weighted by atomic mass is 16.8. The molecule has 5 aliphatic carbocycles. The lowest BCUT2D eigenvalue weighted by molar-refractivity contribution is -0.349. The first-order valence-corrected chi connectivity index (χ1v) is 29.0. The average molecular weight is 1170 g/mol. The Kier molecular flexibility index (Phi) is 18.1. The van der Waals surface area contributed by atoms with E-state index in [-0.39, 0.29) is 51.8 Å². The van der Waals surface area contributed by atoms with Crippen LogP contribution >= 0.6 is 0 Å². The minimum atomic E-state index is -1.87. The predicted molar refractivity (Wildman–Crippen MR) is 287 cm³/mol. The number of aromatic nitrogens is 3. The molecule has 0 spiro atoms. The Balaban J connectivity index is 1.09. The molecule has 0 radical (unpaired) electrons. The van der Waals surface area contributed by atoms with E-state index in [0.29, 0.717) is 37.5 Å². The molecule has 3 heterocycles.